The molecule has 1 amide bonds. The predicted octanol–water partition coefficient (Wildman–Crippen LogP) is 4.85. The van der Waals surface area contributed by atoms with E-state index >= 15 is 0 Å². The molecule has 0 spiro atoms. The first-order chi connectivity index (χ1) is 18.4. The molecule has 2 heterocycles. The zero-order chi connectivity index (χ0) is 27.9. The molecule has 0 saturated heterocycles. The smallest absolute Gasteiger partial charge is 0.419 e. The second-order valence-electron chi connectivity index (χ2n) is 9.33. The molecule has 0 atom stereocenters. The zero-order valence-electron chi connectivity index (χ0n) is 20.8. The molecule has 0 saturated carbocycles. The highest BCUT2D eigenvalue weighted by Gasteiger charge is 2.34. The van der Waals surface area contributed by atoms with Gasteiger partial charge in [-0.3, -0.25) is 4.79 Å². The highest BCUT2D eigenvalue weighted by molar-refractivity contribution is 7.89. The van der Waals surface area contributed by atoms with Crippen molar-refractivity contribution in [2.75, 3.05) is 25.1 Å². The van der Waals surface area contributed by atoms with Gasteiger partial charge in [0.2, 0.25) is 15.9 Å². The summed E-state index contributed by atoms with van der Waals surface area (Å²) < 4.78 is 91.5. The van der Waals surface area contributed by atoms with E-state index in [1.807, 2.05) is 0 Å². The number of fused-ring (bicyclic) bond motifs is 2. The SMILES string of the molecule is Cc1ccc2c(c1NC(=O)Cc1ccc(C(F)(F)F)c(F)c1)CCN(S(=O)(=O)c1ccc3c(c1)OCCO3)C2. The van der Waals surface area contributed by atoms with Gasteiger partial charge in [-0.15, -0.1) is 0 Å². The minimum Gasteiger partial charge on any atom is -0.486 e. The molecule has 0 aliphatic carbocycles. The Balaban J connectivity index is 1.33. The first kappa shape index (κ1) is 26.9. The molecule has 12 heteroatoms. The maximum atomic E-state index is 13.9. The summed E-state index contributed by atoms with van der Waals surface area (Å²) in [4.78, 5) is 12.8. The minimum absolute atomic E-state index is 0.0827. The fourth-order valence-corrected chi connectivity index (χ4v) is 6.16. The van der Waals surface area contributed by atoms with E-state index in [0.29, 0.717) is 54.5 Å². The molecule has 206 valence electrons. The average Bonchev–Trinajstić information content (AvgIpc) is 2.89. The zero-order valence-corrected chi connectivity index (χ0v) is 21.6. The summed E-state index contributed by atoms with van der Waals surface area (Å²) in [6.07, 6.45) is -4.83. The lowest BCUT2D eigenvalue weighted by molar-refractivity contribution is -0.140. The Bertz CT molecular complexity index is 1560. The molecule has 2 aliphatic heterocycles. The van der Waals surface area contributed by atoms with Gasteiger partial charge >= 0.3 is 6.18 Å². The number of nitrogens with zero attached hydrogens (tertiary/aromatic N) is 1. The summed E-state index contributed by atoms with van der Waals surface area (Å²) in [6, 6.07) is 10.4. The normalized spacial score (nSPS) is 15.5. The average molecular weight is 565 g/mol. The van der Waals surface area contributed by atoms with Gasteiger partial charge in [-0.2, -0.15) is 17.5 Å². The number of ether oxygens (including phenoxy) is 2. The topological polar surface area (TPSA) is 84.9 Å². The van der Waals surface area contributed by atoms with Crippen molar-refractivity contribution in [3.63, 3.8) is 0 Å². The highest BCUT2D eigenvalue weighted by atomic mass is 32.2. The van der Waals surface area contributed by atoms with Crippen LogP contribution in [0.1, 0.15) is 27.8 Å². The maximum absolute atomic E-state index is 13.9. The first-order valence-corrected chi connectivity index (χ1v) is 13.5. The van der Waals surface area contributed by atoms with Crippen molar-refractivity contribution >= 4 is 21.6 Å². The Kier molecular flexibility index (Phi) is 7.02. The number of carbonyl (C=O) groups is 1. The predicted molar refractivity (Wildman–Crippen MR) is 134 cm³/mol. The fourth-order valence-electron chi connectivity index (χ4n) is 4.73. The van der Waals surface area contributed by atoms with Crippen LogP contribution in [0.3, 0.4) is 0 Å². The van der Waals surface area contributed by atoms with Gasteiger partial charge in [0.05, 0.1) is 16.9 Å². The molecule has 0 aromatic heterocycles. The van der Waals surface area contributed by atoms with Crippen LogP contribution in [-0.4, -0.2) is 38.4 Å². The lowest BCUT2D eigenvalue weighted by Gasteiger charge is -2.30. The van der Waals surface area contributed by atoms with Crippen LogP contribution in [0.2, 0.25) is 0 Å². The molecule has 5 rings (SSSR count). The fraction of sp³-hybridized carbons (Fsp3) is 0.296. The number of hydrogen-bond acceptors (Lipinski definition) is 5. The van der Waals surface area contributed by atoms with Crippen LogP contribution in [0.25, 0.3) is 0 Å². The third-order valence-corrected chi connectivity index (χ3v) is 8.54. The Morgan fingerprint density at radius 1 is 1.03 bits per heavy atom. The van der Waals surface area contributed by atoms with Gasteiger partial charge in [-0.1, -0.05) is 18.2 Å². The number of alkyl halides is 3. The lowest BCUT2D eigenvalue weighted by atomic mass is 9.95. The summed E-state index contributed by atoms with van der Waals surface area (Å²) in [7, 11) is -3.85. The molecule has 2 aliphatic rings. The number of anilines is 1. The Morgan fingerprint density at radius 3 is 2.49 bits per heavy atom. The van der Waals surface area contributed by atoms with Gasteiger partial charge in [-0.25, -0.2) is 12.8 Å². The minimum atomic E-state index is -4.82. The van der Waals surface area contributed by atoms with Gasteiger partial charge in [0.1, 0.15) is 19.0 Å². The maximum Gasteiger partial charge on any atom is 0.419 e. The van der Waals surface area contributed by atoms with Crippen molar-refractivity contribution in [2.45, 2.75) is 37.4 Å². The van der Waals surface area contributed by atoms with Crippen LogP contribution in [0.15, 0.2) is 53.4 Å². The van der Waals surface area contributed by atoms with Crippen LogP contribution < -0.4 is 14.8 Å². The first-order valence-electron chi connectivity index (χ1n) is 12.1. The Labute approximate surface area is 222 Å². The summed E-state index contributed by atoms with van der Waals surface area (Å²) in [5, 5.41) is 2.79. The van der Waals surface area contributed by atoms with E-state index in [4.69, 9.17) is 9.47 Å². The van der Waals surface area contributed by atoms with E-state index < -0.39 is 33.5 Å². The van der Waals surface area contributed by atoms with Crippen molar-refractivity contribution in [1.29, 1.82) is 0 Å². The van der Waals surface area contributed by atoms with Crippen molar-refractivity contribution in [3.8, 4) is 11.5 Å². The monoisotopic (exact) mass is 564 g/mol. The number of sulfonamides is 1. The quantitative estimate of drug-likeness (QED) is 0.448. The van der Waals surface area contributed by atoms with E-state index in [0.717, 1.165) is 17.2 Å². The van der Waals surface area contributed by atoms with Gasteiger partial charge in [-0.05, 0) is 59.9 Å². The van der Waals surface area contributed by atoms with Crippen LogP contribution in [0.5, 0.6) is 11.5 Å². The van der Waals surface area contributed by atoms with E-state index in [2.05, 4.69) is 5.32 Å². The number of hydrogen-bond donors (Lipinski definition) is 1. The molecule has 3 aromatic carbocycles. The van der Waals surface area contributed by atoms with Gasteiger partial charge in [0.25, 0.3) is 0 Å². The van der Waals surface area contributed by atoms with Gasteiger partial charge in [0.15, 0.2) is 11.5 Å². The highest BCUT2D eigenvalue weighted by Crippen LogP contribution is 2.36. The third kappa shape index (κ3) is 5.44. The number of rotatable bonds is 5. The van der Waals surface area contributed by atoms with Crippen LogP contribution in [-0.2, 0) is 40.4 Å². The number of amides is 1. The number of benzene rings is 3. The molecule has 0 fully saturated rings. The summed E-state index contributed by atoms with van der Waals surface area (Å²) in [6.45, 7) is 2.75. The number of halogens is 4. The molecular formula is C27H24F4N2O5S. The van der Waals surface area contributed by atoms with E-state index in [1.165, 1.54) is 16.4 Å². The summed E-state index contributed by atoms with van der Waals surface area (Å²) >= 11 is 0. The van der Waals surface area contributed by atoms with Crippen LogP contribution >= 0.6 is 0 Å². The molecule has 0 unspecified atom stereocenters. The molecule has 3 aromatic rings. The molecule has 1 N–H and O–H groups in total. The Hall–Kier alpha value is -3.64. The number of nitrogens with one attached hydrogen (secondary N) is 1. The molecule has 39 heavy (non-hydrogen) atoms. The number of aryl methyl sites for hydroxylation is 1. The molecular weight excluding hydrogens is 540 g/mol. The number of carbonyl (C=O) groups excluding carboxylic acids is 1. The summed E-state index contributed by atoms with van der Waals surface area (Å²) in [5.41, 5.74) is 1.44. The summed E-state index contributed by atoms with van der Waals surface area (Å²) in [5.74, 6) is -1.12. The second-order valence-corrected chi connectivity index (χ2v) is 11.3. The van der Waals surface area contributed by atoms with E-state index in [-0.39, 0.29) is 30.0 Å². The lowest BCUT2D eigenvalue weighted by Crippen LogP contribution is -2.36. The second kappa shape index (κ2) is 10.2. The van der Waals surface area contributed by atoms with Crippen molar-refractivity contribution in [1.82, 2.24) is 4.31 Å². The molecule has 0 bridgehead atoms. The molecule has 0 radical (unpaired) electrons. The van der Waals surface area contributed by atoms with Crippen molar-refractivity contribution < 1.29 is 40.2 Å². The third-order valence-electron chi connectivity index (χ3n) is 6.70. The standard InChI is InChI=1S/C27H24F4N2O5S/c1-16-2-4-18-15-33(39(35,36)19-5-7-23-24(14-19)38-11-10-37-23)9-8-20(18)26(16)32-25(34)13-17-3-6-21(22(28)12-17)27(29,30)31/h2-7,12,14H,8-11,13,15H2,1H3,(H,32,34). The van der Waals surface area contributed by atoms with E-state index in [1.54, 1.807) is 25.1 Å². The van der Waals surface area contributed by atoms with Crippen molar-refractivity contribution in [2.24, 2.45) is 0 Å². The van der Waals surface area contributed by atoms with Gasteiger partial charge < -0.3 is 14.8 Å². The van der Waals surface area contributed by atoms with Crippen molar-refractivity contribution in [3.05, 3.63) is 82.2 Å². The van der Waals surface area contributed by atoms with Gasteiger partial charge in [0, 0.05) is 24.8 Å². The largest absolute Gasteiger partial charge is 0.486 e. The van der Waals surface area contributed by atoms with Crippen LogP contribution in [0, 0.1) is 12.7 Å². The van der Waals surface area contributed by atoms with E-state index in [9.17, 15) is 30.8 Å². The molecule has 7 nitrogen and oxygen atoms in total. The Morgan fingerprint density at radius 2 is 1.77 bits per heavy atom. The van der Waals surface area contributed by atoms with Crippen LogP contribution in [0.4, 0.5) is 23.2 Å².